The molecule has 0 spiro atoms. The van der Waals surface area contributed by atoms with Crippen LogP contribution in [0, 0.1) is 6.92 Å². The molecule has 0 saturated heterocycles. The standard InChI is InChI=1S/C22H23N3O3/c1-15-18(10-7-11-19(15)17-8-5-4-6-9-17)14-28-21-13-12-20(22(23-21)27-3)25-24-16(2)26/h4-13,25H,14H2,1-3H3,(H,24,26). The molecule has 3 rings (SSSR count). The smallest absolute Gasteiger partial charge is 0.242 e. The van der Waals surface area contributed by atoms with E-state index in [1.165, 1.54) is 30.7 Å². The topological polar surface area (TPSA) is 72.5 Å². The van der Waals surface area contributed by atoms with Crippen LogP contribution >= 0.6 is 0 Å². The molecule has 1 amide bonds. The summed E-state index contributed by atoms with van der Waals surface area (Å²) < 4.78 is 11.1. The van der Waals surface area contributed by atoms with Crippen LogP contribution in [0.4, 0.5) is 5.69 Å². The first-order valence-electron chi connectivity index (χ1n) is 8.93. The van der Waals surface area contributed by atoms with Crippen LogP contribution in [0.1, 0.15) is 18.1 Å². The van der Waals surface area contributed by atoms with Gasteiger partial charge in [-0.15, -0.1) is 0 Å². The maximum absolute atomic E-state index is 11.0. The Balaban J connectivity index is 1.75. The summed E-state index contributed by atoms with van der Waals surface area (Å²) in [5, 5.41) is 0. The number of anilines is 1. The summed E-state index contributed by atoms with van der Waals surface area (Å²) in [7, 11) is 1.51. The monoisotopic (exact) mass is 377 g/mol. The van der Waals surface area contributed by atoms with Gasteiger partial charge in [-0.1, -0.05) is 48.5 Å². The zero-order valence-electron chi connectivity index (χ0n) is 16.2. The van der Waals surface area contributed by atoms with Crippen molar-refractivity contribution in [2.75, 3.05) is 12.5 Å². The molecular formula is C22H23N3O3. The minimum atomic E-state index is -0.212. The van der Waals surface area contributed by atoms with Gasteiger partial charge in [-0.25, -0.2) is 0 Å². The summed E-state index contributed by atoms with van der Waals surface area (Å²) in [5.41, 5.74) is 10.4. The molecule has 144 valence electrons. The second-order valence-electron chi connectivity index (χ2n) is 6.26. The van der Waals surface area contributed by atoms with Crippen LogP contribution in [-0.4, -0.2) is 18.0 Å². The normalized spacial score (nSPS) is 10.2. The van der Waals surface area contributed by atoms with Crippen LogP contribution in [-0.2, 0) is 11.4 Å². The molecule has 0 atom stereocenters. The number of carbonyl (C=O) groups excluding carboxylic acids is 1. The first kappa shape index (κ1) is 19.2. The molecule has 0 saturated carbocycles. The molecule has 2 N–H and O–H groups in total. The van der Waals surface area contributed by atoms with Gasteiger partial charge in [-0.2, -0.15) is 4.98 Å². The number of methoxy groups -OCH3 is 1. The molecule has 6 heteroatoms. The minimum absolute atomic E-state index is 0.212. The van der Waals surface area contributed by atoms with E-state index in [-0.39, 0.29) is 5.91 Å². The maximum atomic E-state index is 11.0. The van der Waals surface area contributed by atoms with Crippen molar-refractivity contribution in [1.29, 1.82) is 0 Å². The number of ether oxygens (including phenoxy) is 2. The number of aromatic nitrogens is 1. The molecule has 0 aliphatic carbocycles. The maximum Gasteiger partial charge on any atom is 0.242 e. The third-order valence-electron chi connectivity index (χ3n) is 4.31. The SMILES string of the molecule is COc1nc(OCc2cccc(-c3ccccc3)c2C)ccc1NNC(C)=O. The lowest BCUT2D eigenvalue weighted by Gasteiger charge is -2.14. The molecule has 6 nitrogen and oxygen atoms in total. The second kappa shape index (κ2) is 8.90. The number of hydrogen-bond donors (Lipinski definition) is 2. The third-order valence-corrected chi connectivity index (χ3v) is 4.31. The Hall–Kier alpha value is -3.54. The number of pyridine rings is 1. The van der Waals surface area contributed by atoms with Crippen molar-refractivity contribution >= 4 is 11.6 Å². The van der Waals surface area contributed by atoms with Gasteiger partial charge in [0.15, 0.2) is 0 Å². The first-order chi connectivity index (χ1) is 13.6. The van der Waals surface area contributed by atoms with Crippen LogP contribution in [0.2, 0.25) is 0 Å². The fourth-order valence-electron chi connectivity index (χ4n) is 2.83. The van der Waals surface area contributed by atoms with Gasteiger partial charge in [0.2, 0.25) is 17.7 Å². The molecule has 28 heavy (non-hydrogen) atoms. The van der Waals surface area contributed by atoms with Crippen LogP contribution in [0.25, 0.3) is 11.1 Å². The average molecular weight is 377 g/mol. The van der Waals surface area contributed by atoms with Gasteiger partial charge in [0, 0.05) is 13.0 Å². The zero-order valence-corrected chi connectivity index (χ0v) is 16.2. The summed E-state index contributed by atoms with van der Waals surface area (Å²) in [6.45, 7) is 3.90. The average Bonchev–Trinajstić information content (AvgIpc) is 2.72. The summed E-state index contributed by atoms with van der Waals surface area (Å²) in [6, 6.07) is 19.9. The summed E-state index contributed by atoms with van der Waals surface area (Å²) in [4.78, 5) is 15.4. The molecule has 1 heterocycles. The van der Waals surface area contributed by atoms with Crippen LogP contribution in [0.5, 0.6) is 11.8 Å². The molecular weight excluding hydrogens is 354 g/mol. The Labute approximate surface area is 164 Å². The second-order valence-corrected chi connectivity index (χ2v) is 6.26. The molecule has 0 aliphatic rings. The zero-order chi connectivity index (χ0) is 19.9. The van der Waals surface area contributed by atoms with E-state index in [9.17, 15) is 4.79 Å². The molecule has 0 fully saturated rings. The van der Waals surface area contributed by atoms with Crippen molar-refractivity contribution in [2.45, 2.75) is 20.5 Å². The lowest BCUT2D eigenvalue weighted by Crippen LogP contribution is -2.26. The highest BCUT2D eigenvalue weighted by atomic mass is 16.5. The molecule has 0 aliphatic heterocycles. The minimum Gasteiger partial charge on any atom is -0.479 e. The third kappa shape index (κ3) is 4.59. The first-order valence-corrected chi connectivity index (χ1v) is 8.93. The van der Waals surface area contributed by atoms with Crippen molar-refractivity contribution in [2.24, 2.45) is 0 Å². The van der Waals surface area contributed by atoms with E-state index in [1.807, 2.05) is 30.3 Å². The van der Waals surface area contributed by atoms with Gasteiger partial charge >= 0.3 is 0 Å². The highest BCUT2D eigenvalue weighted by molar-refractivity contribution is 5.75. The van der Waals surface area contributed by atoms with Crippen molar-refractivity contribution < 1.29 is 14.3 Å². The largest absolute Gasteiger partial charge is 0.479 e. The summed E-state index contributed by atoms with van der Waals surface area (Å²) in [6.07, 6.45) is 0. The predicted octanol–water partition coefficient (Wildman–Crippen LogP) is 4.11. The van der Waals surface area contributed by atoms with Crippen LogP contribution in [0.15, 0.2) is 60.7 Å². The van der Waals surface area contributed by atoms with E-state index in [0.717, 1.165) is 5.56 Å². The molecule has 0 unspecified atom stereocenters. The molecule has 3 aromatic rings. The fraction of sp³-hybridized carbons (Fsp3) is 0.182. The van der Waals surface area contributed by atoms with E-state index in [2.05, 4.69) is 41.0 Å². The highest BCUT2D eigenvalue weighted by Gasteiger charge is 2.10. The fourth-order valence-corrected chi connectivity index (χ4v) is 2.83. The van der Waals surface area contributed by atoms with Crippen molar-refractivity contribution in [3.63, 3.8) is 0 Å². The Morgan fingerprint density at radius 2 is 1.82 bits per heavy atom. The Bertz CT molecular complexity index is 958. The predicted molar refractivity (Wildman–Crippen MR) is 109 cm³/mol. The lowest BCUT2D eigenvalue weighted by molar-refractivity contribution is -0.118. The van der Waals surface area contributed by atoms with Crippen molar-refractivity contribution in [1.82, 2.24) is 10.4 Å². The van der Waals surface area contributed by atoms with Gasteiger partial charge < -0.3 is 9.47 Å². The van der Waals surface area contributed by atoms with Crippen molar-refractivity contribution in [3.05, 3.63) is 71.8 Å². The van der Waals surface area contributed by atoms with E-state index in [0.29, 0.717) is 24.1 Å². The van der Waals surface area contributed by atoms with Gasteiger partial charge in [0.1, 0.15) is 12.3 Å². The summed E-state index contributed by atoms with van der Waals surface area (Å²) in [5.74, 6) is 0.562. The van der Waals surface area contributed by atoms with E-state index < -0.39 is 0 Å². The Morgan fingerprint density at radius 1 is 1.04 bits per heavy atom. The number of benzene rings is 2. The lowest BCUT2D eigenvalue weighted by atomic mass is 9.97. The van der Waals surface area contributed by atoms with E-state index >= 15 is 0 Å². The Kier molecular flexibility index (Phi) is 6.11. The van der Waals surface area contributed by atoms with E-state index in [4.69, 9.17) is 9.47 Å². The van der Waals surface area contributed by atoms with Gasteiger partial charge in [0.25, 0.3) is 0 Å². The molecule has 0 bridgehead atoms. The number of rotatable bonds is 7. The van der Waals surface area contributed by atoms with Crippen LogP contribution < -0.4 is 20.3 Å². The number of hydrogen-bond acceptors (Lipinski definition) is 5. The van der Waals surface area contributed by atoms with Gasteiger partial charge in [0.05, 0.1) is 7.11 Å². The quantitative estimate of drug-likeness (QED) is 0.606. The van der Waals surface area contributed by atoms with Crippen LogP contribution in [0.3, 0.4) is 0 Å². The van der Waals surface area contributed by atoms with Gasteiger partial charge in [-0.05, 0) is 35.2 Å². The Morgan fingerprint density at radius 3 is 2.54 bits per heavy atom. The van der Waals surface area contributed by atoms with Crippen molar-refractivity contribution in [3.8, 4) is 22.9 Å². The summed E-state index contributed by atoms with van der Waals surface area (Å²) >= 11 is 0. The molecule has 2 aromatic carbocycles. The number of nitrogens with one attached hydrogen (secondary N) is 2. The number of nitrogens with zero attached hydrogens (tertiary/aromatic N) is 1. The number of carbonyl (C=O) groups is 1. The highest BCUT2D eigenvalue weighted by Crippen LogP contribution is 2.28. The van der Waals surface area contributed by atoms with Gasteiger partial charge in [-0.3, -0.25) is 15.6 Å². The van der Waals surface area contributed by atoms with E-state index in [1.54, 1.807) is 12.1 Å². The molecule has 0 radical (unpaired) electrons. The molecule has 1 aromatic heterocycles. The number of hydrazine groups is 1. The number of amides is 1.